The van der Waals surface area contributed by atoms with Gasteiger partial charge < -0.3 is 0 Å². The van der Waals surface area contributed by atoms with Gasteiger partial charge in [-0.15, -0.1) is 0 Å². The molecule has 0 aromatic rings. The summed E-state index contributed by atoms with van der Waals surface area (Å²) in [6, 6.07) is 0. The Morgan fingerprint density at radius 3 is 2.00 bits per heavy atom. The van der Waals surface area contributed by atoms with Crippen molar-refractivity contribution >= 4 is 17.8 Å². The van der Waals surface area contributed by atoms with Crippen LogP contribution in [0.3, 0.4) is 0 Å². The van der Waals surface area contributed by atoms with Crippen LogP contribution in [0.15, 0.2) is 4.58 Å². The Morgan fingerprint density at radius 1 is 1.80 bits per heavy atom. The molecule has 3 nitrogen and oxygen atoms in total. The predicted octanol–water partition coefficient (Wildman–Crippen LogP) is 0.742. The Labute approximate surface area is 32.4 Å². The van der Waals surface area contributed by atoms with Crippen molar-refractivity contribution < 1.29 is 4.21 Å². The molecule has 0 aromatic carbocycles. The molecule has 0 aliphatic heterocycles. The Kier molecular flexibility index (Phi) is 2.32. The van der Waals surface area contributed by atoms with Gasteiger partial charge in [0.15, 0.2) is 0 Å². The minimum absolute atomic E-state index is 1.81. The second-order valence-corrected chi connectivity index (χ2v) is 1.85. The molecule has 5 heavy (non-hydrogen) atoms. The monoisotopic (exact) mass is 109 g/mol. The molecule has 0 aliphatic carbocycles. The quantitative estimate of drug-likeness (QED) is 0.340. The SMILES string of the molecule is O=NS(=O)#P. The third kappa shape index (κ3) is 4.05. The molecule has 0 amide bonds. The van der Waals surface area contributed by atoms with Crippen molar-refractivity contribution in [1.82, 2.24) is 0 Å². The summed E-state index contributed by atoms with van der Waals surface area (Å²) in [6.07, 6.45) is 0. The molecule has 0 saturated carbocycles. The summed E-state index contributed by atoms with van der Waals surface area (Å²) in [7, 11) is 1.28. The first-order chi connectivity index (χ1) is 2.27. The fraction of sp³-hybridized carbons (Fsp3) is 0. The fourth-order valence-corrected chi connectivity index (χ4v) is 0. The number of nitroso groups, excluding NO2 is 1. The maximum absolute atomic E-state index is 9.31. The zero-order valence-corrected chi connectivity index (χ0v) is 3.83. The van der Waals surface area contributed by atoms with E-state index in [2.05, 4.69) is 7.81 Å². The number of hydrogen-bond donors (Lipinski definition) is 0. The van der Waals surface area contributed by atoms with Crippen molar-refractivity contribution in [3.8, 4) is 0 Å². The van der Waals surface area contributed by atoms with Gasteiger partial charge in [-0.05, 0) is 0 Å². The number of hydrogen-bond acceptors (Lipinski definition) is 2. The third-order valence-corrected chi connectivity index (χ3v) is 0.391. The topological polar surface area (TPSA) is 46.5 Å². The molecule has 0 fully saturated rings. The first-order valence-corrected chi connectivity index (χ1v) is 2.87. The molecule has 28 valence electrons. The Balaban J connectivity index is 3.90. The van der Waals surface area contributed by atoms with Crippen LogP contribution in [0, 0.1) is 4.91 Å². The van der Waals surface area contributed by atoms with Crippen molar-refractivity contribution in [2.75, 3.05) is 0 Å². The van der Waals surface area contributed by atoms with E-state index in [1.165, 1.54) is 0 Å². The van der Waals surface area contributed by atoms with Crippen LogP contribution in [0.5, 0.6) is 0 Å². The molecule has 0 saturated heterocycles. The third-order valence-electron chi connectivity index (χ3n) is 0.0638. The van der Waals surface area contributed by atoms with E-state index in [9.17, 15) is 4.21 Å². The molecule has 0 aliphatic rings. The average Bonchev–Trinajstić information content (AvgIpc) is 1.38. The zero-order valence-electron chi connectivity index (χ0n) is 2.12. The van der Waals surface area contributed by atoms with Crippen LogP contribution >= 0.6 is 7.81 Å². The summed E-state index contributed by atoms with van der Waals surface area (Å²) in [5, 5.41) is 0. The normalized spacial score (nSPS) is 6.20. The van der Waals surface area contributed by atoms with Crippen molar-refractivity contribution in [1.29, 1.82) is 0 Å². The van der Waals surface area contributed by atoms with E-state index >= 15 is 0 Å². The molecule has 0 bridgehead atoms. The van der Waals surface area contributed by atoms with Gasteiger partial charge in [-0.1, -0.05) is 0 Å². The summed E-state index contributed by atoms with van der Waals surface area (Å²) in [4.78, 5) is 8.88. The van der Waals surface area contributed by atoms with Gasteiger partial charge in [0.2, 0.25) is 0 Å². The van der Waals surface area contributed by atoms with Crippen LogP contribution < -0.4 is 0 Å². The van der Waals surface area contributed by atoms with Gasteiger partial charge in [-0.2, -0.15) is 0 Å². The van der Waals surface area contributed by atoms with Gasteiger partial charge in [0, 0.05) is 0 Å². The molecule has 0 atom stereocenters. The van der Waals surface area contributed by atoms with Crippen LogP contribution in [0.1, 0.15) is 0 Å². The Bertz CT molecular complexity index is 131. The molecule has 5 heteroatoms. The molecule has 0 spiro atoms. The minimum atomic E-state index is -1.81. The van der Waals surface area contributed by atoms with E-state index in [1.807, 2.05) is 4.58 Å². The number of rotatable bonds is 0. The summed E-state index contributed by atoms with van der Waals surface area (Å²) in [5.41, 5.74) is 0. The molecule has 0 heterocycles. The second kappa shape index (κ2) is 2.30. The molecular weight excluding hydrogens is 109 g/mol. The van der Waals surface area contributed by atoms with Gasteiger partial charge in [0.05, 0.1) is 0 Å². The van der Waals surface area contributed by atoms with Gasteiger partial charge in [0.25, 0.3) is 0 Å². The van der Waals surface area contributed by atoms with Gasteiger partial charge >= 0.3 is 31.5 Å². The van der Waals surface area contributed by atoms with Crippen LogP contribution in [-0.2, 0) is 9.96 Å². The Hall–Kier alpha value is 0.0500. The van der Waals surface area contributed by atoms with Gasteiger partial charge in [0.1, 0.15) is 0 Å². The van der Waals surface area contributed by atoms with Crippen LogP contribution in [0.2, 0.25) is 0 Å². The van der Waals surface area contributed by atoms with Gasteiger partial charge in [-0.3, -0.25) is 0 Å². The van der Waals surface area contributed by atoms with E-state index in [0.29, 0.717) is 0 Å². The van der Waals surface area contributed by atoms with E-state index in [-0.39, 0.29) is 0 Å². The summed E-state index contributed by atoms with van der Waals surface area (Å²) >= 11 is 0. The van der Waals surface area contributed by atoms with Crippen molar-refractivity contribution in [3.63, 3.8) is 0 Å². The standard InChI is InChI=1S/NO2PS/c2-1-5(3)4. The van der Waals surface area contributed by atoms with E-state index in [4.69, 9.17) is 4.91 Å². The van der Waals surface area contributed by atoms with Crippen molar-refractivity contribution in [2.45, 2.75) is 0 Å². The van der Waals surface area contributed by atoms with Crippen LogP contribution in [0.4, 0.5) is 0 Å². The van der Waals surface area contributed by atoms with Crippen molar-refractivity contribution in [3.05, 3.63) is 4.91 Å². The van der Waals surface area contributed by atoms with E-state index in [1.54, 1.807) is 0 Å². The maximum atomic E-state index is 9.31. The predicted molar refractivity (Wildman–Crippen MR) is 20.9 cm³/mol. The summed E-state index contributed by atoms with van der Waals surface area (Å²) in [6.45, 7) is 0. The fourth-order valence-electron chi connectivity index (χ4n) is 0. The average molecular weight is 109 g/mol. The van der Waals surface area contributed by atoms with E-state index in [0.717, 1.165) is 0 Å². The van der Waals surface area contributed by atoms with Crippen LogP contribution in [-0.4, -0.2) is 4.21 Å². The van der Waals surface area contributed by atoms with Gasteiger partial charge in [-0.25, -0.2) is 0 Å². The van der Waals surface area contributed by atoms with E-state index < -0.39 is 9.96 Å². The number of nitrogens with zero attached hydrogens (tertiary/aromatic N) is 1. The molecule has 0 unspecified atom stereocenters. The van der Waals surface area contributed by atoms with Crippen LogP contribution in [0.25, 0.3) is 0 Å². The molecule has 0 N–H and O–H groups in total. The second-order valence-electron chi connectivity index (χ2n) is 0.305. The Morgan fingerprint density at radius 2 is 2.00 bits per heavy atom. The summed E-state index contributed by atoms with van der Waals surface area (Å²) < 4.78 is 11.3. The molecule has 0 rings (SSSR count). The summed E-state index contributed by atoms with van der Waals surface area (Å²) in [5.74, 6) is 0. The molecule has 0 aromatic heterocycles. The first-order valence-electron chi connectivity index (χ1n) is 0.714. The zero-order chi connectivity index (χ0) is 4.28. The van der Waals surface area contributed by atoms with Crippen molar-refractivity contribution in [2.24, 2.45) is 4.58 Å². The first kappa shape index (κ1) is 5.05. The molecular formula is NO2PS. The molecule has 0 radical (unpaired) electrons.